The maximum atomic E-state index is 11.2. The Morgan fingerprint density at radius 3 is 1.16 bits per heavy atom. The van der Waals surface area contributed by atoms with Crippen LogP contribution in [-0.2, 0) is 38.7 Å². The van der Waals surface area contributed by atoms with Crippen LogP contribution in [0.5, 0.6) is 11.5 Å². The van der Waals surface area contributed by atoms with Crippen molar-refractivity contribution >= 4 is 31.0 Å². The first-order valence-electron chi connectivity index (χ1n) is 15.4. The predicted octanol–water partition coefficient (Wildman–Crippen LogP) is 10.5. The summed E-state index contributed by atoms with van der Waals surface area (Å²) in [6, 6.07) is 8.53. The zero-order valence-electron chi connectivity index (χ0n) is 28.5. The van der Waals surface area contributed by atoms with Crippen molar-refractivity contribution in [3.8, 4) is 11.5 Å². The van der Waals surface area contributed by atoms with Crippen molar-refractivity contribution in [2.24, 2.45) is 9.98 Å². The zero-order valence-corrected chi connectivity index (χ0v) is 31.6. The van der Waals surface area contributed by atoms with E-state index in [0.29, 0.717) is 11.5 Å². The van der Waals surface area contributed by atoms with Crippen molar-refractivity contribution in [2.45, 2.75) is 143 Å². The molecule has 1 aliphatic rings. The van der Waals surface area contributed by atoms with Gasteiger partial charge in [-0.15, -0.1) is 0 Å². The van der Waals surface area contributed by atoms with Crippen LogP contribution < -0.4 is 0 Å². The van der Waals surface area contributed by atoms with E-state index in [1.54, 1.807) is 0 Å². The van der Waals surface area contributed by atoms with Crippen LogP contribution in [-0.4, -0.2) is 34.7 Å². The number of halogens is 2. The number of phenolic OH excluding ortho intramolecular Hbond substituents is 2. The number of phenols is 2. The van der Waals surface area contributed by atoms with Crippen LogP contribution in [0.2, 0.25) is 0 Å². The Morgan fingerprint density at radius 1 is 0.605 bits per heavy atom. The summed E-state index contributed by atoms with van der Waals surface area (Å²) in [4.78, 5) is 10.1. The molecule has 2 aromatic rings. The Bertz CT molecular complexity index is 1190. The van der Waals surface area contributed by atoms with Gasteiger partial charge in [-0.3, -0.25) is 9.98 Å². The molecule has 7 heteroatoms. The van der Waals surface area contributed by atoms with Crippen molar-refractivity contribution in [1.82, 2.24) is 0 Å². The average Bonchev–Trinajstić information content (AvgIpc) is 2.85. The number of hydrogen-bond acceptors (Lipinski definition) is 4. The van der Waals surface area contributed by atoms with Gasteiger partial charge in [0.05, 0.1) is 12.1 Å². The molecule has 0 amide bonds. The molecule has 0 saturated heterocycles. The summed E-state index contributed by atoms with van der Waals surface area (Å²) in [7, 11) is 9.78. The Morgan fingerprint density at radius 2 is 0.907 bits per heavy atom. The number of rotatable bonds is 4. The van der Waals surface area contributed by atoms with Crippen LogP contribution in [0.25, 0.3) is 0 Å². The molecule has 0 heterocycles. The van der Waals surface area contributed by atoms with Gasteiger partial charge in [-0.25, -0.2) is 0 Å². The summed E-state index contributed by atoms with van der Waals surface area (Å²) in [5.41, 5.74) is 5.39. The average molecular weight is 666 g/mol. The Balaban J connectivity index is 0.00000206. The number of aromatic hydroxyl groups is 2. The van der Waals surface area contributed by atoms with Gasteiger partial charge in [-0.1, -0.05) is 108 Å². The van der Waals surface area contributed by atoms with Crippen LogP contribution in [0, 0.1) is 0 Å². The molecule has 2 atom stereocenters. The van der Waals surface area contributed by atoms with E-state index in [1.165, 1.54) is 11.1 Å². The molecule has 0 unspecified atom stereocenters. The van der Waals surface area contributed by atoms with Crippen molar-refractivity contribution in [1.29, 1.82) is 0 Å². The van der Waals surface area contributed by atoms with Crippen molar-refractivity contribution in [3.05, 3.63) is 57.6 Å². The molecule has 0 bridgehead atoms. The number of benzene rings is 2. The van der Waals surface area contributed by atoms with Crippen molar-refractivity contribution in [2.75, 3.05) is 0 Å². The number of nitrogens with zero attached hydrogens (tertiary/aromatic N) is 2. The summed E-state index contributed by atoms with van der Waals surface area (Å²) in [5.74, 6) is 0.637. The fourth-order valence-corrected chi connectivity index (χ4v) is 5.31. The van der Waals surface area contributed by atoms with Crippen LogP contribution in [0.15, 0.2) is 34.3 Å². The van der Waals surface area contributed by atoms with Crippen molar-refractivity contribution in [3.63, 3.8) is 0 Å². The second-order valence-electron chi connectivity index (χ2n) is 16.0. The Kier molecular flexibility index (Phi) is 13.1. The van der Waals surface area contributed by atoms with Gasteiger partial charge in [-0.2, -0.15) is 0 Å². The molecule has 43 heavy (non-hydrogen) atoms. The first-order chi connectivity index (χ1) is 19.6. The molecule has 0 aromatic heterocycles. The summed E-state index contributed by atoms with van der Waals surface area (Å²) in [6.07, 6.45) is 7.90. The van der Waals surface area contributed by atoms with Gasteiger partial charge in [0.2, 0.25) is 0 Å². The van der Waals surface area contributed by atoms with E-state index < -0.39 is 17.0 Å². The molecule has 238 valence electrons. The van der Waals surface area contributed by atoms with E-state index in [2.05, 4.69) is 107 Å². The van der Waals surface area contributed by atoms with Gasteiger partial charge < -0.3 is 10.2 Å². The molecule has 2 aromatic carbocycles. The second kappa shape index (κ2) is 14.8. The Hall–Kier alpha value is -1.33. The molecule has 1 aliphatic carbocycles. The fraction of sp³-hybridized carbons (Fsp3) is 0.611. The van der Waals surface area contributed by atoms with Crippen LogP contribution in [0.4, 0.5) is 0 Å². The van der Waals surface area contributed by atoms with E-state index in [9.17, 15) is 10.2 Å². The SMILES string of the molecule is CC(C)(C)c1cc(C=N[C@@H]2CCCC[C@H]2N=Cc2cc(C(C)(C)C)cc(C(C)(C)C)c2O)c(O)c(C(C)(C)C)c1.[Cl][Ti][Cl]. The summed E-state index contributed by atoms with van der Waals surface area (Å²) in [5, 5.41) is 22.5. The first-order valence-corrected chi connectivity index (χ1v) is 19.7. The fourth-order valence-electron chi connectivity index (χ4n) is 5.31. The monoisotopic (exact) mass is 664 g/mol. The molecule has 2 N–H and O–H groups in total. The molecular formula is C36H54Cl2N2O2Ti. The Labute approximate surface area is 278 Å². The molecule has 0 spiro atoms. The quantitative estimate of drug-likeness (QED) is 0.252. The predicted molar refractivity (Wildman–Crippen MR) is 184 cm³/mol. The van der Waals surface area contributed by atoms with Gasteiger partial charge >= 0.3 is 35.6 Å². The molecular weight excluding hydrogens is 611 g/mol. The molecule has 4 nitrogen and oxygen atoms in total. The summed E-state index contributed by atoms with van der Waals surface area (Å²) >= 11 is -0.556. The normalized spacial score (nSPS) is 18.6. The molecule has 3 rings (SSSR count). The zero-order chi connectivity index (χ0) is 33.0. The van der Waals surface area contributed by atoms with E-state index in [0.717, 1.165) is 47.9 Å². The molecule has 0 aliphatic heterocycles. The van der Waals surface area contributed by atoms with Gasteiger partial charge in [-0.05, 0) is 57.8 Å². The van der Waals surface area contributed by atoms with E-state index in [-0.39, 0.29) is 33.7 Å². The van der Waals surface area contributed by atoms with Gasteiger partial charge in [0.25, 0.3) is 0 Å². The maximum absolute atomic E-state index is 11.2. The van der Waals surface area contributed by atoms with E-state index in [1.807, 2.05) is 12.4 Å². The minimum atomic E-state index is -0.556. The molecule has 1 saturated carbocycles. The van der Waals surface area contributed by atoms with Crippen LogP contribution >= 0.6 is 18.6 Å². The summed E-state index contributed by atoms with van der Waals surface area (Å²) < 4.78 is 0. The van der Waals surface area contributed by atoms with Crippen LogP contribution in [0.3, 0.4) is 0 Å². The third-order valence-corrected chi connectivity index (χ3v) is 8.13. The topological polar surface area (TPSA) is 65.2 Å². The van der Waals surface area contributed by atoms with E-state index >= 15 is 0 Å². The standard InChI is InChI=1S/C36H54N2O2.2ClH.Ti/c1-33(2,3)25-17-23(31(39)27(19-25)35(7,8)9)21-37-29-15-13-14-16-30(29)38-22-24-18-26(34(4,5)6)20-28(32(24)40)36(10,11)12;;;/h17-22,29-30,39-40H,13-16H2,1-12H3;2*1H;/q;;;+2/p-2/t29-,30-;;;/m1.../s1. The minimum absolute atomic E-state index is 0.0378. The van der Waals surface area contributed by atoms with Crippen LogP contribution in [0.1, 0.15) is 142 Å². The summed E-state index contributed by atoms with van der Waals surface area (Å²) in [6.45, 7) is 26.0. The second-order valence-corrected chi connectivity index (χ2v) is 18.5. The molecule has 1 fully saturated rings. The first kappa shape index (κ1) is 37.9. The van der Waals surface area contributed by atoms with Crippen molar-refractivity contribution < 1.29 is 27.2 Å². The van der Waals surface area contributed by atoms with Gasteiger partial charge in [0.15, 0.2) is 0 Å². The number of aliphatic imine (C=N–C) groups is 2. The van der Waals surface area contributed by atoms with Gasteiger partial charge in [0.1, 0.15) is 11.5 Å². The number of hydrogen-bond donors (Lipinski definition) is 2. The molecule has 0 radical (unpaired) electrons. The van der Waals surface area contributed by atoms with E-state index in [4.69, 9.17) is 28.6 Å². The van der Waals surface area contributed by atoms with Gasteiger partial charge in [0, 0.05) is 34.7 Å². The third-order valence-electron chi connectivity index (χ3n) is 8.13. The third kappa shape index (κ3) is 10.6.